The minimum Gasteiger partial charge on any atom is -0.493 e. The molecule has 0 aliphatic carbocycles. The number of fused-ring (bicyclic) bond motifs is 1. The average molecular weight is 390 g/mol. The van der Waals surface area contributed by atoms with Crippen LogP contribution in [0.25, 0.3) is 0 Å². The van der Waals surface area contributed by atoms with E-state index in [0.717, 1.165) is 11.3 Å². The highest BCUT2D eigenvalue weighted by atomic mass is 32.2. The number of rotatable bonds is 6. The van der Waals surface area contributed by atoms with E-state index in [-0.39, 0.29) is 17.4 Å². The lowest BCUT2D eigenvalue weighted by Gasteiger charge is -2.19. The molecule has 0 N–H and O–H groups in total. The summed E-state index contributed by atoms with van der Waals surface area (Å²) in [4.78, 5) is 14.5. The van der Waals surface area contributed by atoms with E-state index in [0.29, 0.717) is 24.5 Å². The average Bonchev–Trinajstić information content (AvgIpc) is 3.09. The summed E-state index contributed by atoms with van der Waals surface area (Å²) in [6.45, 7) is 0.368. The van der Waals surface area contributed by atoms with Crippen molar-refractivity contribution in [2.75, 3.05) is 39.3 Å². The molecule has 0 saturated heterocycles. The van der Waals surface area contributed by atoms with Crippen molar-refractivity contribution >= 4 is 21.6 Å². The van der Waals surface area contributed by atoms with Gasteiger partial charge in [-0.1, -0.05) is 12.1 Å². The van der Waals surface area contributed by atoms with Crippen molar-refractivity contribution in [3.05, 3.63) is 48.0 Å². The minimum atomic E-state index is -3.50. The van der Waals surface area contributed by atoms with Gasteiger partial charge in [0.05, 0.1) is 12.0 Å². The van der Waals surface area contributed by atoms with E-state index in [1.54, 1.807) is 42.3 Å². The molecule has 0 atom stereocenters. The summed E-state index contributed by atoms with van der Waals surface area (Å²) in [5.74, 6) is 0.869. The molecule has 7 nitrogen and oxygen atoms in total. The van der Waals surface area contributed by atoms with Crippen LogP contribution in [0.2, 0.25) is 0 Å². The number of amides is 1. The molecular formula is C19H22N2O5S. The van der Waals surface area contributed by atoms with Gasteiger partial charge in [-0.15, -0.1) is 0 Å². The largest absolute Gasteiger partial charge is 0.493 e. The summed E-state index contributed by atoms with van der Waals surface area (Å²) >= 11 is 0. The summed E-state index contributed by atoms with van der Waals surface area (Å²) in [5, 5.41) is 0. The number of ether oxygens (including phenoxy) is 2. The summed E-state index contributed by atoms with van der Waals surface area (Å²) in [6, 6.07) is 12.0. The molecule has 1 heterocycles. The fourth-order valence-corrected chi connectivity index (χ4v) is 3.92. The molecule has 27 heavy (non-hydrogen) atoms. The Kier molecular flexibility index (Phi) is 5.38. The Morgan fingerprint density at radius 1 is 1.15 bits per heavy atom. The Morgan fingerprint density at radius 2 is 1.85 bits per heavy atom. The molecule has 0 spiro atoms. The van der Waals surface area contributed by atoms with Crippen molar-refractivity contribution < 1.29 is 22.7 Å². The molecule has 0 radical (unpaired) electrons. The van der Waals surface area contributed by atoms with E-state index in [2.05, 4.69) is 0 Å². The predicted octanol–water partition coefficient (Wildman–Crippen LogP) is 1.91. The zero-order valence-corrected chi connectivity index (χ0v) is 16.3. The molecule has 2 aromatic rings. The molecule has 144 valence electrons. The first kappa shape index (κ1) is 19.2. The van der Waals surface area contributed by atoms with Gasteiger partial charge in [-0.25, -0.2) is 12.7 Å². The number of para-hydroxylation sites is 2. The monoisotopic (exact) mass is 390 g/mol. The van der Waals surface area contributed by atoms with Gasteiger partial charge in [0.2, 0.25) is 10.0 Å². The molecule has 0 saturated carbocycles. The number of sulfonamides is 1. The highest BCUT2D eigenvalue weighted by Crippen LogP contribution is 2.31. The number of hydrogen-bond acceptors (Lipinski definition) is 5. The van der Waals surface area contributed by atoms with Crippen molar-refractivity contribution in [1.29, 1.82) is 0 Å². The lowest BCUT2D eigenvalue weighted by Crippen LogP contribution is -2.33. The maximum atomic E-state index is 12.6. The van der Waals surface area contributed by atoms with E-state index in [1.165, 1.54) is 24.5 Å². The van der Waals surface area contributed by atoms with Gasteiger partial charge >= 0.3 is 0 Å². The molecule has 1 amide bonds. The van der Waals surface area contributed by atoms with Crippen molar-refractivity contribution in [2.24, 2.45) is 0 Å². The number of nitrogens with zero attached hydrogens (tertiary/aromatic N) is 2. The number of benzene rings is 2. The van der Waals surface area contributed by atoms with E-state index in [4.69, 9.17) is 9.47 Å². The predicted molar refractivity (Wildman–Crippen MR) is 102 cm³/mol. The lowest BCUT2D eigenvalue weighted by molar-refractivity contribution is -0.120. The maximum Gasteiger partial charge on any atom is 0.264 e. The van der Waals surface area contributed by atoms with Crippen LogP contribution < -0.4 is 14.4 Å². The van der Waals surface area contributed by atoms with Crippen molar-refractivity contribution in [3.63, 3.8) is 0 Å². The van der Waals surface area contributed by atoms with Crippen LogP contribution in [0.15, 0.2) is 47.4 Å². The summed E-state index contributed by atoms with van der Waals surface area (Å²) in [5.41, 5.74) is 1.56. The lowest BCUT2D eigenvalue weighted by atomic mass is 10.2. The first-order valence-electron chi connectivity index (χ1n) is 8.46. The van der Waals surface area contributed by atoms with Gasteiger partial charge in [0.1, 0.15) is 0 Å². The summed E-state index contributed by atoms with van der Waals surface area (Å²) in [7, 11) is 1.03. The normalized spacial score (nSPS) is 13.6. The Hall–Kier alpha value is -2.58. The van der Waals surface area contributed by atoms with Crippen LogP contribution in [0.1, 0.15) is 5.56 Å². The molecule has 0 unspecified atom stereocenters. The topological polar surface area (TPSA) is 76.1 Å². The van der Waals surface area contributed by atoms with Gasteiger partial charge in [0.25, 0.3) is 5.91 Å². The standard InChI is InChI=1S/C19H22N2O5S/c1-20(2)27(23,24)15-8-9-16-14(12-15)10-11-21(16)19(22)13-26-18-7-5-4-6-17(18)25-3/h4-9,12H,10-11,13H2,1-3H3. The number of anilines is 1. The first-order valence-corrected chi connectivity index (χ1v) is 9.90. The quantitative estimate of drug-likeness (QED) is 0.753. The van der Waals surface area contributed by atoms with Crippen molar-refractivity contribution in [3.8, 4) is 11.5 Å². The van der Waals surface area contributed by atoms with Gasteiger partial charge in [0, 0.05) is 26.3 Å². The SMILES string of the molecule is COc1ccccc1OCC(=O)N1CCc2cc(S(=O)(=O)N(C)C)ccc21. The zero-order chi connectivity index (χ0) is 19.6. The van der Waals surface area contributed by atoms with Crippen LogP contribution in [0.5, 0.6) is 11.5 Å². The summed E-state index contributed by atoms with van der Waals surface area (Å²) in [6.07, 6.45) is 0.604. The van der Waals surface area contributed by atoms with E-state index in [9.17, 15) is 13.2 Å². The van der Waals surface area contributed by atoms with Crippen LogP contribution in [0, 0.1) is 0 Å². The highest BCUT2D eigenvalue weighted by molar-refractivity contribution is 7.89. The zero-order valence-electron chi connectivity index (χ0n) is 15.5. The molecule has 1 aliphatic rings. The van der Waals surface area contributed by atoms with Gasteiger partial charge in [0.15, 0.2) is 18.1 Å². The third-order valence-electron chi connectivity index (χ3n) is 4.45. The molecule has 0 aromatic heterocycles. The van der Waals surface area contributed by atoms with E-state index in [1.807, 2.05) is 6.07 Å². The van der Waals surface area contributed by atoms with Gasteiger partial charge < -0.3 is 14.4 Å². The molecule has 1 aliphatic heterocycles. The summed E-state index contributed by atoms with van der Waals surface area (Å²) < 4.78 is 36.6. The number of hydrogen-bond donors (Lipinski definition) is 0. The second kappa shape index (κ2) is 7.58. The third kappa shape index (κ3) is 3.77. The molecule has 3 rings (SSSR count). The Morgan fingerprint density at radius 3 is 2.52 bits per heavy atom. The number of methoxy groups -OCH3 is 1. The maximum absolute atomic E-state index is 12.6. The Labute approximate surface area is 159 Å². The molecule has 0 bridgehead atoms. The van der Waals surface area contributed by atoms with Crippen molar-refractivity contribution in [2.45, 2.75) is 11.3 Å². The van der Waals surface area contributed by atoms with Gasteiger partial charge in [-0.3, -0.25) is 4.79 Å². The second-order valence-corrected chi connectivity index (χ2v) is 8.46. The third-order valence-corrected chi connectivity index (χ3v) is 6.26. The smallest absolute Gasteiger partial charge is 0.264 e. The molecule has 0 fully saturated rings. The van der Waals surface area contributed by atoms with Crippen molar-refractivity contribution in [1.82, 2.24) is 4.31 Å². The van der Waals surface area contributed by atoms with Gasteiger partial charge in [-0.2, -0.15) is 0 Å². The fourth-order valence-electron chi connectivity index (χ4n) is 2.96. The molecule has 8 heteroatoms. The van der Waals surface area contributed by atoms with Crippen LogP contribution in [0.4, 0.5) is 5.69 Å². The highest BCUT2D eigenvalue weighted by Gasteiger charge is 2.27. The van der Waals surface area contributed by atoms with Crippen LogP contribution in [-0.4, -0.2) is 53.0 Å². The molecular weight excluding hydrogens is 368 g/mol. The van der Waals surface area contributed by atoms with Crippen LogP contribution >= 0.6 is 0 Å². The fraction of sp³-hybridized carbons (Fsp3) is 0.316. The molecule has 2 aromatic carbocycles. The minimum absolute atomic E-state index is 0.127. The van der Waals surface area contributed by atoms with E-state index < -0.39 is 10.0 Å². The Bertz CT molecular complexity index is 956. The first-order chi connectivity index (χ1) is 12.8. The van der Waals surface area contributed by atoms with E-state index >= 15 is 0 Å². The van der Waals surface area contributed by atoms with Crippen LogP contribution in [0.3, 0.4) is 0 Å². The Balaban J connectivity index is 1.75. The van der Waals surface area contributed by atoms with Crippen LogP contribution in [-0.2, 0) is 21.2 Å². The second-order valence-electron chi connectivity index (χ2n) is 6.31. The number of carbonyl (C=O) groups is 1. The van der Waals surface area contributed by atoms with Gasteiger partial charge in [-0.05, 0) is 42.3 Å². The number of carbonyl (C=O) groups excluding carboxylic acids is 1.